The number of carbonyl (C=O) groups is 1. The molecule has 0 saturated heterocycles. The summed E-state index contributed by atoms with van der Waals surface area (Å²) in [5.74, 6) is -0.800. The second kappa shape index (κ2) is 8.84. The zero-order valence-electron chi connectivity index (χ0n) is 18.8. The van der Waals surface area contributed by atoms with E-state index in [0.29, 0.717) is 6.54 Å². The van der Waals surface area contributed by atoms with Gasteiger partial charge in [-0.05, 0) is 46.8 Å². The first-order valence-electron chi connectivity index (χ1n) is 9.99. The van der Waals surface area contributed by atoms with Gasteiger partial charge in [0.2, 0.25) is 0 Å². The van der Waals surface area contributed by atoms with Crippen LogP contribution in [-0.4, -0.2) is 49.2 Å². The largest absolute Gasteiger partial charge is 0.534 e. The van der Waals surface area contributed by atoms with E-state index < -0.39 is 44.6 Å². The Morgan fingerprint density at radius 1 is 1.22 bits per heavy atom. The molecule has 0 aliphatic carbocycles. The molecule has 0 N–H and O–H groups in total. The highest BCUT2D eigenvalue weighted by Crippen LogP contribution is 2.42. The van der Waals surface area contributed by atoms with Crippen molar-refractivity contribution in [3.8, 4) is 5.75 Å². The van der Waals surface area contributed by atoms with E-state index in [9.17, 15) is 26.4 Å². The maximum absolute atomic E-state index is 12.9. The molecule has 2 rings (SSSR count). The molecule has 7 nitrogen and oxygen atoms in total. The van der Waals surface area contributed by atoms with Crippen molar-refractivity contribution in [2.75, 3.05) is 13.1 Å². The van der Waals surface area contributed by atoms with E-state index in [4.69, 9.17) is 9.47 Å². The van der Waals surface area contributed by atoms with E-state index >= 15 is 0 Å². The van der Waals surface area contributed by atoms with Gasteiger partial charge in [-0.15, -0.1) is 0 Å². The van der Waals surface area contributed by atoms with Crippen LogP contribution in [0, 0.1) is 5.92 Å². The number of halogens is 3. The quantitative estimate of drug-likeness (QED) is 0.425. The summed E-state index contributed by atoms with van der Waals surface area (Å²) in [4.78, 5) is 13.9. The molecule has 180 valence electrons. The number of carbonyl (C=O) groups excluding carboxylic acids is 1. The molecule has 11 heteroatoms. The summed E-state index contributed by atoms with van der Waals surface area (Å²) in [6, 6.07) is 6.02. The highest BCUT2D eigenvalue weighted by Gasteiger charge is 2.50. The van der Waals surface area contributed by atoms with E-state index in [1.54, 1.807) is 47.6 Å². The Balaban J connectivity index is 2.38. The van der Waals surface area contributed by atoms with Crippen LogP contribution in [0.5, 0.6) is 5.75 Å². The first kappa shape index (κ1) is 25.8. The summed E-state index contributed by atoms with van der Waals surface area (Å²) in [7, 11) is -5.89. The van der Waals surface area contributed by atoms with Gasteiger partial charge in [0.05, 0.1) is 5.56 Å². The van der Waals surface area contributed by atoms with Gasteiger partial charge in [0.25, 0.3) is 0 Å². The number of rotatable bonds is 6. The van der Waals surface area contributed by atoms with Crippen LogP contribution in [0.25, 0.3) is 5.76 Å². The molecule has 2 unspecified atom stereocenters. The summed E-state index contributed by atoms with van der Waals surface area (Å²) < 4.78 is 78.0. The van der Waals surface area contributed by atoms with Gasteiger partial charge in [0.1, 0.15) is 17.0 Å². The third kappa shape index (κ3) is 5.87. The Bertz CT molecular complexity index is 984. The predicted octanol–water partition coefficient (Wildman–Crippen LogP) is 4.94. The lowest BCUT2D eigenvalue weighted by Crippen LogP contribution is -2.47. The minimum Gasteiger partial charge on any atom is -0.482 e. The Kier molecular flexibility index (Phi) is 7.13. The van der Waals surface area contributed by atoms with Gasteiger partial charge in [0.15, 0.2) is 5.76 Å². The monoisotopic (exact) mass is 479 g/mol. The average Bonchev–Trinajstić information content (AvgIpc) is 2.63. The predicted molar refractivity (Wildman–Crippen MR) is 112 cm³/mol. The molecular formula is C21H28F3NO6S. The maximum Gasteiger partial charge on any atom is 0.534 e. The summed E-state index contributed by atoms with van der Waals surface area (Å²) in [6.07, 6.45) is 0.651. The van der Waals surface area contributed by atoms with Gasteiger partial charge in [-0.1, -0.05) is 19.1 Å². The fourth-order valence-corrected chi connectivity index (χ4v) is 3.48. The van der Waals surface area contributed by atoms with Crippen LogP contribution in [0.2, 0.25) is 0 Å². The standard InChI is InChI=1S/C21H28F3NO6S/c1-7-25(18(26)30-19(3,4)5)13-14(2)20(6)12-17(31-32(27,28)21(22,23)24)15-10-8-9-11-16(15)29-20/h8-12,14H,7,13H2,1-6H3. The van der Waals surface area contributed by atoms with Crippen LogP contribution in [-0.2, 0) is 19.0 Å². The highest BCUT2D eigenvalue weighted by molar-refractivity contribution is 7.87. The second-order valence-corrected chi connectivity index (χ2v) is 10.2. The molecule has 1 aromatic rings. The molecule has 1 aromatic carbocycles. The summed E-state index contributed by atoms with van der Waals surface area (Å²) in [6.45, 7) is 10.7. The smallest absolute Gasteiger partial charge is 0.482 e. The van der Waals surface area contributed by atoms with Crippen molar-refractivity contribution < 1.29 is 40.0 Å². The van der Waals surface area contributed by atoms with Crippen molar-refractivity contribution in [2.24, 2.45) is 5.92 Å². The number of nitrogens with zero attached hydrogens (tertiary/aromatic N) is 1. The van der Waals surface area contributed by atoms with E-state index in [1.807, 2.05) is 0 Å². The molecule has 0 bridgehead atoms. The van der Waals surface area contributed by atoms with Crippen LogP contribution < -0.4 is 4.74 Å². The average molecular weight is 480 g/mol. The molecule has 1 aliphatic heterocycles. The fourth-order valence-electron chi connectivity index (χ4n) is 3.01. The molecule has 32 heavy (non-hydrogen) atoms. The molecule has 1 aliphatic rings. The summed E-state index contributed by atoms with van der Waals surface area (Å²) in [5.41, 5.74) is -7.49. The zero-order chi connectivity index (χ0) is 24.5. The van der Waals surface area contributed by atoms with Crippen LogP contribution in [0.1, 0.15) is 47.1 Å². The minimum absolute atomic E-state index is 0.0736. The van der Waals surface area contributed by atoms with Gasteiger partial charge in [-0.25, -0.2) is 4.79 Å². The second-order valence-electron chi connectivity index (χ2n) is 8.69. The number of fused-ring (bicyclic) bond motifs is 1. The molecule has 2 atom stereocenters. The SMILES string of the molecule is CCN(CC(C)C1(C)C=C(OS(=O)(=O)C(F)(F)F)c2ccccc2O1)C(=O)OC(C)(C)C. The maximum atomic E-state index is 12.9. The Morgan fingerprint density at radius 3 is 2.34 bits per heavy atom. The lowest BCUT2D eigenvalue weighted by atomic mass is 9.86. The zero-order valence-corrected chi connectivity index (χ0v) is 19.6. The number of amides is 1. The van der Waals surface area contributed by atoms with Crippen LogP contribution in [0.15, 0.2) is 30.3 Å². The summed E-state index contributed by atoms with van der Waals surface area (Å²) in [5, 5.41) is 0. The third-order valence-electron chi connectivity index (χ3n) is 4.89. The lowest BCUT2D eigenvalue weighted by molar-refractivity contribution is -0.0511. The summed E-state index contributed by atoms with van der Waals surface area (Å²) >= 11 is 0. The van der Waals surface area contributed by atoms with Crippen LogP contribution in [0.4, 0.5) is 18.0 Å². The number of ether oxygens (including phenoxy) is 2. The van der Waals surface area contributed by atoms with E-state index in [1.165, 1.54) is 29.2 Å². The van der Waals surface area contributed by atoms with Crippen molar-refractivity contribution in [1.29, 1.82) is 0 Å². The van der Waals surface area contributed by atoms with Crippen molar-refractivity contribution in [1.82, 2.24) is 4.90 Å². The number of hydrogen-bond donors (Lipinski definition) is 0. The van der Waals surface area contributed by atoms with Crippen molar-refractivity contribution in [3.05, 3.63) is 35.9 Å². The van der Waals surface area contributed by atoms with E-state index in [-0.39, 0.29) is 17.9 Å². The van der Waals surface area contributed by atoms with Crippen LogP contribution in [0.3, 0.4) is 0 Å². The topological polar surface area (TPSA) is 82.1 Å². The van der Waals surface area contributed by atoms with E-state index in [2.05, 4.69) is 4.18 Å². The Labute approximate surface area is 186 Å². The third-order valence-corrected chi connectivity index (χ3v) is 5.86. The molecule has 0 saturated carbocycles. The van der Waals surface area contributed by atoms with Crippen molar-refractivity contribution in [3.63, 3.8) is 0 Å². The first-order chi connectivity index (χ1) is 14.5. The lowest BCUT2D eigenvalue weighted by Gasteiger charge is -2.39. The van der Waals surface area contributed by atoms with Crippen LogP contribution >= 0.6 is 0 Å². The molecule has 0 aromatic heterocycles. The van der Waals surface area contributed by atoms with Gasteiger partial charge in [-0.2, -0.15) is 21.6 Å². The minimum atomic E-state index is -5.89. The van der Waals surface area contributed by atoms with Crippen molar-refractivity contribution >= 4 is 22.0 Å². The van der Waals surface area contributed by atoms with Gasteiger partial charge < -0.3 is 18.6 Å². The Morgan fingerprint density at radius 2 is 1.81 bits per heavy atom. The van der Waals surface area contributed by atoms with Gasteiger partial charge in [0, 0.05) is 25.1 Å². The fraction of sp³-hybridized carbons (Fsp3) is 0.571. The number of para-hydroxylation sites is 1. The molecule has 1 heterocycles. The van der Waals surface area contributed by atoms with Gasteiger partial charge in [-0.3, -0.25) is 0 Å². The number of hydrogen-bond acceptors (Lipinski definition) is 6. The number of alkyl halides is 3. The first-order valence-corrected chi connectivity index (χ1v) is 11.4. The van der Waals surface area contributed by atoms with E-state index in [0.717, 1.165) is 0 Å². The Hall–Kier alpha value is -2.43. The number of benzene rings is 1. The molecule has 0 spiro atoms. The highest BCUT2D eigenvalue weighted by atomic mass is 32.2. The molecular weight excluding hydrogens is 451 g/mol. The molecule has 0 fully saturated rings. The normalized spacial score (nSPS) is 19.8. The molecule has 1 amide bonds. The van der Waals surface area contributed by atoms with Gasteiger partial charge >= 0.3 is 21.7 Å². The van der Waals surface area contributed by atoms with Crippen molar-refractivity contribution in [2.45, 2.75) is 58.3 Å². The molecule has 0 radical (unpaired) electrons.